The van der Waals surface area contributed by atoms with Crippen LogP contribution >= 0.6 is 34.5 Å². The summed E-state index contributed by atoms with van der Waals surface area (Å²) < 4.78 is 42.5. The van der Waals surface area contributed by atoms with Crippen molar-refractivity contribution in [2.75, 3.05) is 11.4 Å². The van der Waals surface area contributed by atoms with E-state index in [0.717, 1.165) is 11.1 Å². The zero-order valence-electron chi connectivity index (χ0n) is 21.1. The lowest BCUT2D eigenvalue weighted by atomic mass is 10.1. The third-order valence-electron chi connectivity index (χ3n) is 5.73. The number of alkyl halides is 3. The molecule has 41 heavy (non-hydrogen) atoms. The van der Waals surface area contributed by atoms with Crippen molar-refractivity contribution in [2.45, 2.75) is 25.7 Å². The summed E-state index contributed by atoms with van der Waals surface area (Å²) in [6.07, 6.45) is 1.01. The molecule has 3 aromatic rings. The van der Waals surface area contributed by atoms with Crippen LogP contribution in [0.3, 0.4) is 0 Å². The Balaban J connectivity index is 1.62. The predicted molar refractivity (Wildman–Crippen MR) is 152 cm³/mol. The molecule has 214 valence electrons. The minimum absolute atomic E-state index is 0.00293. The van der Waals surface area contributed by atoms with Gasteiger partial charge in [-0.25, -0.2) is 4.98 Å². The first-order valence-corrected chi connectivity index (χ1v) is 13.7. The molecule has 1 amide bonds. The maximum atomic E-state index is 12.8. The molecule has 0 saturated heterocycles. The second-order valence-electron chi connectivity index (χ2n) is 8.71. The molecule has 0 unspecified atom stereocenters. The van der Waals surface area contributed by atoms with Crippen molar-refractivity contribution in [2.24, 2.45) is 0 Å². The van der Waals surface area contributed by atoms with Gasteiger partial charge in [-0.2, -0.15) is 0 Å². The fraction of sp³-hybridized carbons (Fsp3) is 0.179. The standard InChI is InChI=1S/C28H22Cl2F3N3O4S/c29-22-11-8-19(14-23(22)30)24-16-41-27(35-24)36(20-2-1-3-21(10-9-20)40-28(31,32)33)15-17-4-6-18(7-5-17)26(39)34-13-12-25(37)38/h1-2,4-11,14,16H,3,12-13,15H2,(H,34,39)(H,37,38). The molecular weight excluding hydrogens is 602 g/mol. The van der Waals surface area contributed by atoms with Crippen molar-refractivity contribution >= 4 is 51.5 Å². The number of nitrogens with one attached hydrogen (secondary N) is 1. The lowest BCUT2D eigenvalue weighted by molar-refractivity contribution is -0.305. The summed E-state index contributed by atoms with van der Waals surface area (Å²) in [6.45, 7) is 0.275. The minimum atomic E-state index is -4.80. The Kier molecular flexibility index (Phi) is 9.74. The zero-order chi connectivity index (χ0) is 29.6. The van der Waals surface area contributed by atoms with Crippen molar-refractivity contribution in [3.05, 3.63) is 105 Å². The number of aliphatic carboxylic acids is 1. The molecule has 0 spiro atoms. The number of hydrogen-bond acceptors (Lipinski definition) is 6. The van der Waals surface area contributed by atoms with Crippen molar-refractivity contribution in [3.8, 4) is 11.3 Å². The first kappa shape index (κ1) is 30.2. The highest BCUT2D eigenvalue weighted by Crippen LogP contribution is 2.34. The number of benzene rings is 2. The number of ether oxygens (including phenoxy) is 1. The van der Waals surface area contributed by atoms with Gasteiger partial charge in [0.15, 0.2) is 5.13 Å². The van der Waals surface area contributed by atoms with E-state index < -0.39 is 18.2 Å². The monoisotopic (exact) mass is 623 g/mol. The molecule has 1 aromatic heterocycles. The van der Waals surface area contributed by atoms with Crippen LogP contribution in [0.5, 0.6) is 0 Å². The van der Waals surface area contributed by atoms with E-state index in [4.69, 9.17) is 33.3 Å². The average Bonchev–Trinajstić information content (AvgIpc) is 3.29. The number of carboxylic acids is 1. The Morgan fingerprint density at radius 3 is 2.54 bits per heavy atom. The number of anilines is 1. The number of nitrogens with zero attached hydrogens (tertiary/aromatic N) is 2. The molecule has 0 bridgehead atoms. The van der Waals surface area contributed by atoms with Crippen molar-refractivity contribution in [1.82, 2.24) is 10.3 Å². The van der Waals surface area contributed by atoms with Crippen LogP contribution in [-0.4, -0.2) is 34.9 Å². The fourth-order valence-corrected chi connectivity index (χ4v) is 4.93. The Bertz CT molecular complexity index is 1520. The van der Waals surface area contributed by atoms with Gasteiger partial charge < -0.3 is 20.1 Å². The van der Waals surface area contributed by atoms with Crippen LogP contribution in [-0.2, 0) is 16.1 Å². The van der Waals surface area contributed by atoms with E-state index in [1.54, 1.807) is 54.6 Å². The molecule has 4 rings (SSSR count). The molecule has 7 nitrogen and oxygen atoms in total. The van der Waals surface area contributed by atoms with Gasteiger partial charge in [0, 0.05) is 35.2 Å². The van der Waals surface area contributed by atoms with Gasteiger partial charge in [0.25, 0.3) is 5.91 Å². The Hall–Kier alpha value is -3.80. The topological polar surface area (TPSA) is 91.8 Å². The summed E-state index contributed by atoms with van der Waals surface area (Å²) >= 11 is 13.6. The lowest BCUT2D eigenvalue weighted by Gasteiger charge is -2.23. The molecule has 0 fully saturated rings. The molecule has 0 saturated carbocycles. The molecule has 0 atom stereocenters. The summed E-state index contributed by atoms with van der Waals surface area (Å²) in [7, 11) is 0. The Labute approximate surface area is 247 Å². The molecular formula is C28H22Cl2F3N3O4S. The molecule has 2 aromatic carbocycles. The van der Waals surface area contributed by atoms with E-state index in [-0.39, 0.29) is 31.7 Å². The number of aromatic nitrogens is 1. The Morgan fingerprint density at radius 2 is 1.85 bits per heavy atom. The van der Waals surface area contributed by atoms with E-state index in [9.17, 15) is 22.8 Å². The summed E-state index contributed by atoms with van der Waals surface area (Å²) in [5, 5.41) is 14.5. The van der Waals surface area contributed by atoms with E-state index in [1.165, 1.54) is 23.5 Å². The van der Waals surface area contributed by atoms with Gasteiger partial charge in [0.2, 0.25) is 0 Å². The van der Waals surface area contributed by atoms with Gasteiger partial charge in [-0.1, -0.05) is 47.5 Å². The predicted octanol–water partition coefficient (Wildman–Crippen LogP) is 7.59. The fourth-order valence-electron chi connectivity index (χ4n) is 3.78. The summed E-state index contributed by atoms with van der Waals surface area (Å²) in [4.78, 5) is 29.6. The largest absolute Gasteiger partial charge is 0.572 e. The van der Waals surface area contributed by atoms with Crippen LogP contribution in [0, 0.1) is 0 Å². The van der Waals surface area contributed by atoms with Crippen molar-refractivity contribution < 1.29 is 32.6 Å². The highest BCUT2D eigenvalue weighted by atomic mass is 35.5. The van der Waals surface area contributed by atoms with E-state index >= 15 is 0 Å². The lowest BCUT2D eigenvalue weighted by Crippen LogP contribution is -2.26. The van der Waals surface area contributed by atoms with Crippen LogP contribution in [0.1, 0.15) is 28.8 Å². The maximum absolute atomic E-state index is 12.8. The number of hydrogen-bond donors (Lipinski definition) is 2. The van der Waals surface area contributed by atoms with Gasteiger partial charge in [0.1, 0.15) is 5.76 Å². The van der Waals surface area contributed by atoms with E-state index in [1.807, 2.05) is 10.3 Å². The van der Waals surface area contributed by atoms with E-state index in [2.05, 4.69) is 10.1 Å². The molecule has 0 aliphatic heterocycles. The SMILES string of the molecule is O=C(O)CCNC(=O)c1ccc(CN(C2=CC=C(OC(F)(F)F)CC=C2)c2nc(-c3ccc(Cl)c(Cl)c3)cs2)cc1. The summed E-state index contributed by atoms with van der Waals surface area (Å²) in [5.41, 5.74) is 3.08. The van der Waals surface area contributed by atoms with Gasteiger partial charge in [-0.05, 0) is 48.1 Å². The molecule has 0 radical (unpaired) electrons. The number of carbonyl (C=O) groups excluding carboxylic acids is 1. The van der Waals surface area contributed by atoms with Gasteiger partial charge in [-0.3, -0.25) is 9.59 Å². The highest BCUT2D eigenvalue weighted by Gasteiger charge is 2.32. The molecule has 13 heteroatoms. The van der Waals surface area contributed by atoms with Crippen LogP contribution in [0.15, 0.2) is 83.6 Å². The van der Waals surface area contributed by atoms with Crippen LogP contribution in [0.25, 0.3) is 11.3 Å². The number of carboxylic acid groups (broad SMARTS) is 1. The summed E-state index contributed by atoms with van der Waals surface area (Å²) in [6, 6.07) is 11.8. The smallest absolute Gasteiger partial charge is 0.481 e. The normalized spacial score (nSPS) is 13.2. The minimum Gasteiger partial charge on any atom is -0.481 e. The van der Waals surface area contributed by atoms with Gasteiger partial charge >= 0.3 is 12.3 Å². The van der Waals surface area contributed by atoms with Crippen molar-refractivity contribution in [1.29, 1.82) is 0 Å². The average molecular weight is 624 g/mol. The molecule has 1 heterocycles. The third kappa shape index (κ3) is 8.59. The first-order valence-electron chi connectivity index (χ1n) is 12.1. The number of carbonyl (C=O) groups is 2. The Morgan fingerprint density at radius 1 is 1.10 bits per heavy atom. The number of allylic oxidation sites excluding steroid dienone is 4. The second kappa shape index (κ2) is 13.2. The molecule has 1 aliphatic carbocycles. The quantitative estimate of drug-likeness (QED) is 0.242. The number of thiazole rings is 1. The van der Waals surface area contributed by atoms with Crippen molar-refractivity contribution in [3.63, 3.8) is 0 Å². The van der Waals surface area contributed by atoms with Crippen LogP contribution in [0.4, 0.5) is 18.3 Å². The maximum Gasteiger partial charge on any atom is 0.572 e. The van der Waals surface area contributed by atoms with E-state index in [0.29, 0.717) is 32.1 Å². The number of amides is 1. The zero-order valence-corrected chi connectivity index (χ0v) is 23.4. The van der Waals surface area contributed by atoms with Gasteiger partial charge in [-0.15, -0.1) is 24.5 Å². The summed E-state index contributed by atoms with van der Waals surface area (Å²) in [5.74, 6) is -1.67. The second-order valence-corrected chi connectivity index (χ2v) is 10.4. The molecule has 2 N–H and O–H groups in total. The molecule has 1 aliphatic rings. The van der Waals surface area contributed by atoms with Crippen LogP contribution in [0.2, 0.25) is 10.0 Å². The third-order valence-corrected chi connectivity index (χ3v) is 7.33. The number of rotatable bonds is 10. The highest BCUT2D eigenvalue weighted by molar-refractivity contribution is 7.14. The van der Waals surface area contributed by atoms with Crippen LogP contribution < -0.4 is 10.2 Å². The van der Waals surface area contributed by atoms with Gasteiger partial charge in [0.05, 0.1) is 28.7 Å². The number of halogens is 5. The first-order chi connectivity index (χ1) is 19.5.